The minimum atomic E-state index is -1.34. The Labute approximate surface area is 237 Å². The van der Waals surface area contributed by atoms with Gasteiger partial charge in [-0.1, -0.05) is 0 Å². The number of esters is 4. The number of rotatable bonds is 20. The Balaban J connectivity index is 5.77. The van der Waals surface area contributed by atoms with Crippen LogP contribution in [0.25, 0.3) is 0 Å². The molecule has 0 bridgehead atoms. The summed E-state index contributed by atoms with van der Waals surface area (Å²) in [5.74, 6) is -2.17. The molecule has 0 atom stereocenters. The Morgan fingerprint density at radius 3 is 0.975 bits per heavy atom. The lowest BCUT2D eigenvalue weighted by Gasteiger charge is -2.31. The van der Waals surface area contributed by atoms with E-state index < -0.39 is 29.3 Å². The summed E-state index contributed by atoms with van der Waals surface area (Å²) in [5, 5.41) is 7.53. The lowest BCUT2D eigenvalue weighted by molar-refractivity contribution is -0.170. The summed E-state index contributed by atoms with van der Waals surface area (Å²) in [5.41, 5.74) is 1.31. The van der Waals surface area contributed by atoms with E-state index in [0.29, 0.717) is 25.0 Å². The predicted octanol–water partition coefficient (Wildman–Crippen LogP) is 3.58. The van der Waals surface area contributed by atoms with Crippen molar-refractivity contribution in [3.05, 3.63) is 0 Å². The van der Waals surface area contributed by atoms with Crippen LogP contribution in [0.5, 0.6) is 0 Å². The fourth-order valence-corrected chi connectivity index (χ4v) is 2.95. The van der Waals surface area contributed by atoms with Crippen LogP contribution in [-0.2, 0) is 38.1 Å². The third-order valence-corrected chi connectivity index (χ3v) is 6.08. The van der Waals surface area contributed by atoms with E-state index >= 15 is 0 Å². The fourth-order valence-electron chi connectivity index (χ4n) is 2.95. The molecule has 0 aliphatic rings. The number of carbonyl (C=O) groups excluding carboxylic acids is 4. The maximum absolute atomic E-state index is 12.5. The highest BCUT2D eigenvalue weighted by atomic mass is 16.6. The highest BCUT2D eigenvalue weighted by Crippen LogP contribution is 2.23. The molecule has 0 saturated carbocycles. The van der Waals surface area contributed by atoms with Gasteiger partial charge in [0, 0.05) is 44.0 Å². The van der Waals surface area contributed by atoms with Gasteiger partial charge in [-0.3, -0.25) is 34.2 Å². The predicted molar refractivity (Wildman–Crippen MR) is 154 cm³/mol. The molecule has 12 heteroatoms. The molecule has 0 aliphatic heterocycles. The normalized spacial score (nSPS) is 12.5. The van der Waals surface area contributed by atoms with Crippen LogP contribution >= 0.6 is 0 Å². The smallest absolute Gasteiger partial charge is 0.306 e. The molecule has 0 aliphatic carbocycles. The SMILES string of the molecule is C/N=C(\C)CCC(=O)OCC(COC(=O)CCC(C)=N)(COC(=O)CC/C(C)=N/C)COC(=O)CC/C(C)=N/C. The van der Waals surface area contributed by atoms with E-state index in [4.69, 9.17) is 24.4 Å². The molecule has 0 aromatic rings. The molecule has 0 fully saturated rings. The Bertz CT molecular complexity index is 863. The molecule has 0 heterocycles. The monoisotopic (exact) mass is 566 g/mol. The summed E-state index contributed by atoms with van der Waals surface area (Å²) in [6.45, 7) is 5.66. The maximum atomic E-state index is 12.5. The van der Waals surface area contributed by atoms with E-state index in [9.17, 15) is 19.2 Å². The largest absolute Gasteiger partial charge is 0.465 e. The van der Waals surface area contributed by atoms with Crippen molar-refractivity contribution in [2.24, 2.45) is 20.4 Å². The molecule has 0 unspecified atom stereocenters. The minimum absolute atomic E-state index is 0.0222. The standard InChI is InChI=1S/C28H46N4O8/c1-20(29)8-12-24(33)37-16-28(17-38-25(34)13-9-21(2)30-5,18-39-26(35)14-10-22(3)31-6)19-40-27(36)15-11-23(4)32-7/h29H,8-19H2,1-7H3/b29-20?,30-21+,31-22+,32-23+. The zero-order chi connectivity index (χ0) is 30.6. The second-order valence-corrected chi connectivity index (χ2v) is 9.80. The van der Waals surface area contributed by atoms with Gasteiger partial charge in [-0.05, 0) is 53.4 Å². The Morgan fingerprint density at radius 1 is 0.500 bits per heavy atom. The van der Waals surface area contributed by atoms with Crippen molar-refractivity contribution in [1.82, 2.24) is 0 Å². The summed E-state index contributed by atoms with van der Waals surface area (Å²) in [6, 6.07) is 0. The molecule has 12 nitrogen and oxygen atoms in total. The van der Waals surface area contributed by atoms with E-state index in [-0.39, 0.29) is 58.5 Å². The Hall–Kier alpha value is -3.44. The first kappa shape index (κ1) is 36.6. The van der Waals surface area contributed by atoms with Crippen LogP contribution < -0.4 is 0 Å². The van der Waals surface area contributed by atoms with Crippen LogP contribution in [0.4, 0.5) is 0 Å². The van der Waals surface area contributed by atoms with E-state index in [2.05, 4.69) is 15.0 Å². The van der Waals surface area contributed by atoms with Gasteiger partial charge in [0.15, 0.2) is 0 Å². The number of carbonyl (C=O) groups is 4. The van der Waals surface area contributed by atoms with Crippen molar-refractivity contribution < 1.29 is 38.1 Å². The molecular weight excluding hydrogens is 520 g/mol. The van der Waals surface area contributed by atoms with E-state index in [1.54, 1.807) is 48.8 Å². The van der Waals surface area contributed by atoms with Gasteiger partial charge in [-0.25, -0.2) is 0 Å². The molecule has 1 N–H and O–H groups in total. The third kappa shape index (κ3) is 18.0. The summed E-state index contributed by atoms with van der Waals surface area (Å²) in [7, 11) is 4.89. The van der Waals surface area contributed by atoms with Crippen LogP contribution in [0.3, 0.4) is 0 Å². The van der Waals surface area contributed by atoms with Gasteiger partial charge in [0.2, 0.25) is 0 Å². The van der Waals surface area contributed by atoms with Crippen molar-refractivity contribution in [2.75, 3.05) is 47.6 Å². The lowest BCUT2D eigenvalue weighted by Crippen LogP contribution is -2.44. The minimum Gasteiger partial charge on any atom is -0.465 e. The quantitative estimate of drug-likeness (QED) is 0.133. The number of hydrogen-bond acceptors (Lipinski definition) is 12. The second-order valence-electron chi connectivity index (χ2n) is 9.80. The van der Waals surface area contributed by atoms with Crippen molar-refractivity contribution in [3.8, 4) is 0 Å². The van der Waals surface area contributed by atoms with Gasteiger partial charge in [0.05, 0.1) is 25.7 Å². The van der Waals surface area contributed by atoms with Crippen LogP contribution in [0.1, 0.15) is 79.1 Å². The van der Waals surface area contributed by atoms with E-state index in [0.717, 1.165) is 17.1 Å². The van der Waals surface area contributed by atoms with Gasteiger partial charge in [-0.2, -0.15) is 0 Å². The summed E-state index contributed by atoms with van der Waals surface area (Å²) in [4.78, 5) is 61.8. The molecule has 0 saturated heterocycles. The molecule has 0 radical (unpaired) electrons. The molecular formula is C28H46N4O8. The average Bonchev–Trinajstić information content (AvgIpc) is 2.94. The number of ether oxygens (including phenoxy) is 4. The first-order valence-corrected chi connectivity index (χ1v) is 13.3. The van der Waals surface area contributed by atoms with Crippen molar-refractivity contribution in [3.63, 3.8) is 0 Å². The van der Waals surface area contributed by atoms with Crippen LogP contribution in [0, 0.1) is 10.8 Å². The van der Waals surface area contributed by atoms with Crippen molar-refractivity contribution >= 4 is 46.7 Å². The van der Waals surface area contributed by atoms with Crippen molar-refractivity contribution in [1.29, 1.82) is 5.41 Å². The van der Waals surface area contributed by atoms with E-state index in [1.165, 1.54) is 0 Å². The van der Waals surface area contributed by atoms with Crippen LogP contribution in [-0.4, -0.2) is 94.3 Å². The molecule has 0 amide bonds. The first-order valence-electron chi connectivity index (χ1n) is 13.3. The van der Waals surface area contributed by atoms with Gasteiger partial charge < -0.3 is 24.4 Å². The fraction of sp³-hybridized carbons (Fsp3) is 0.714. The molecule has 226 valence electrons. The van der Waals surface area contributed by atoms with Crippen LogP contribution in [0.15, 0.2) is 15.0 Å². The van der Waals surface area contributed by atoms with Gasteiger partial charge in [-0.15, -0.1) is 0 Å². The molecule has 0 rings (SSSR count). The highest BCUT2D eigenvalue weighted by Gasteiger charge is 2.38. The van der Waals surface area contributed by atoms with Crippen molar-refractivity contribution in [2.45, 2.75) is 79.1 Å². The molecule has 0 aromatic heterocycles. The number of nitrogens with zero attached hydrogens (tertiary/aromatic N) is 3. The average molecular weight is 567 g/mol. The number of nitrogens with one attached hydrogen (secondary N) is 1. The highest BCUT2D eigenvalue weighted by molar-refractivity contribution is 5.86. The van der Waals surface area contributed by atoms with Gasteiger partial charge >= 0.3 is 23.9 Å². The third-order valence-electron chi connectivity index (χ3n) is 6.08. The molecule has 0 spiro atoms. The number of hydrogen-bond donors (Lipinski definition) is 1. The van der Waals surface area contributed by atoms with E-state index in [1.807, 2.05) is 0 Å². The maximum Gasteiger partial charge on any atom is 0.306 e. The zero-order valence-corrected chi connectivity index (χ0v) is 25.1. The van der Waals surface area contributed by atoms with Gasteiger partial charge in [0.25, 0.3) is 0 Å². The summed E-state index contributed by atoms with van der Waals surface area (Å²) < 4.78 is 21.9. The number of aliphatic imine (C=N–C) groups is 3. The molecule has 0 aromatic carbocycles. The zero-order valence-electron chi connectivity index (χ0n) is 25.1. The first-order chi connectivity index (χ1) is 18.9. The molecule has 40 heavy (non-hydrogen) atoms. The Morgan fingerprint density at radius 2 is 0.750 bits per heavy atom. The summed E-state index contributed by atoms with van der Waals surface area (Å²) >= 11 is 0. The second kappa shape index (κ2) is 20.5. The summed E-state index contributed by atoms with van der Waals surface area (Å²) in [6.07, 6.45) is 1.63. The lowest BCUT2D eigenvalue weighted by atomic mass is 9.92. The Kier molecular flexibility index (Phi) is 18.7. The topological polar surface area (TPSA) is 166 Å². The van der Waals surface area contributed by atoms with Gasteiger partial charge in [0.1, 0.15) is 31.8 Å². The van der Waals surface area contributed by atoms with Crippen LogP contribution in [0.2, 0.25) is 0 Å².